The summed E-state index contributed by atoms with van der Waals surface area (Å²) >= 11 is 0. The largest absolute Gasteiger partial charge is 0.345 e. The van der Waals surface area contributed by atoms with Crippen LogP contribution in [0.2, 0.25) is 0 Å². The van der Waals surface area contributed by atoms with E-state index < -0.39 is 22.5 Å². The molecular weight excluding hydrogens is 426 g/mol. The predicted molar refractivity (Wildman–Crippen MR) is 124 cm³/mol. The summed E-state index contributed by atoms with van der Waals surface area (Å²) in [6, 6.07) is 23.8. The summed E-state index contributed by atoms with van der Waals surface area (Å²) in [4.78, 5) is 25.5. The maximum atomic E-state index is 12.8. The third-order valence-electron chi connectivity index (χ3n) is 4.91. The Labute approximate surface area is 188 Å². The van der Waals surface area contributed by atoms with Gasteiger partial charge in [-0.15, -0.1) is 0 Å². The topological polar surface area (TPSA) is 95.6 Å². The van der Waals surface area contributed by atoms with Crippen molar-refractivity contribution in [2.45, 2.75) is 17.9 Å². The fourth-order valence-corrected chi connectivity index (χ4v) is 4.29. The Morgan fingerprint density at radius 1 is 0.875 bits per heavy atom. The summed E-state index contributed by atoms with van der Waals surface area (Å²) in [6.07, 6.45) is 0. The van der Waals surface area contributed by atoms with Gasteiger partial charge in [0, 0.05) is 7.05 Å². The molecule has 3 aromatic carbocycles. The van der Waals surface area contributed by atoms with Crippen molar-refractivity contribution < 1.29 is 18.0 Å². The zero-order chi connectivity index (χ0) is 23.1. The van der Waals surface area contributed by atoms with Crippen molar-refractivity contribution in [1.29, 1.82) is 0 Å². The Balaban J connectivity index is 1.69. The lowest BCUT2D eigenvalue weighted by Gasteiger charge is -2.18. The zero-order valence-corrected chi connectivity index (χ0v) is 18.7. The maximum absolute atomic E-state index is 12.8. The van der Waals surface area contributed by atoms with Crippen LogP contribution in [0.3, 0.4) is 0 Å². The summed E-state index contributed by atoms with van der Waals surface area (Å²) in [5.41, 5.74) is 1.55. The Hall–Kier alpha value is -3.49. The van der Waals surface area contributed by atoms with Crippen LogP contribution in [0.5, 0.6) is 0 Å². The van der Waals surface area contributed by atoms with Crippen molar-refractivity contribution >= 4 is 27.5 Å². The third kappa shape index (κ3) is 5.60. The van der Waals surface area contributed by atoms with Crippen molar-refractivity contribution in [2.75, 3.05) is 18.9 Å². The second kappa shape index (κ2) is 10.2. The van der Waals surface area contributed by atoms with Gasteiger partial charge in [0.05, 0.1) is 28.7 Å². The van der Waals surface area contributed by atoms with E-state index in [1.165, 1.54) is 19.2 Å². The van der Waals surface area contributed by atoms with Gasteiger partial charge in [-0.1, -0.05) is 60.7 Å². The molecule has 3 rings (SSSR count). The fourth-order valence-electron chi connectivity index (χ4n) is 3.14. The van der Waals surface area contributed by atoms with Crippen LogP contribution in [-0.2, 0) is 14.8 Å². The number of hydrogen-bond acceptors (Lipinski definition) is 4. The van der Waals surface area contributed by atoms with Gasteiger partial charge in [-0.2, -0.15) is 4.31 Å². The Bertz CT molecular complexity index is 1180. The van der Waals surface area contributed by atoms with E-state index in [-0.39, 0.29) is 22.4 Å². The Morgan fingerprint density at radius 2 is 1.44 bits per heavy atom. The fraction of sp³-hybridized carbons (Fsp3) is 0.167. The van der Waals surface area contributed by atoms with Crippen LogP contribution in [0.4, 0.5) is 5.69 Å². The average Bonchev–Trinajstić information content (AvgIpc) is 2.80. The number of rotatable bonds is 8. The molecule has 0 aliphatic carbocycles. The molecule has 0 aliphatic rings. The van der Waals surface area contributed by atoms with Crippen LogP contribution in [0.15, 0.2) is 89.8 Å². The van der Waals surface area contributed by atoms with Gasteiger partial charge < -0.3 is 10.6 Å². The van der Waals surface area contributed by atoms with Gasteiger partial charge in [-0.25, -0.2) is 8.42 Å². The number of carbonyl (C=O) groups is 2. The lowest BCUT2D eigenvalue weighted by atomic mass is 10.1. The molecule has 8 heteroatoms. The van der Waals surface area contributed by atoms with Gasteiger partial charge in [0.25, 0.3) is 5.91 Å². The van der Waals surface area contributed by atoms with E-state index >= 15 is 0 Å². The lowest BCUT2D eigenvalue weighted by molar-refractivity contribution is -0.116. The van der Waals surface area contributed by atoms with Gasteiger partial charge in [0.2, 0.25) is 15.9 Å². The molecule has 0 radical (unpaired) electrons. The van der Waals surface area contributed by atoms with E-state index in [9.17, 15) is 18.0 Å². The third-order valence-corrected chi connectivity index (χ3v) is 6.73. The SMILES string of the molecule is CC(NC(=O)c1ccccc1NC(=O)CN(C)S(=O)(=O)c1ccccc1)c1ccccc1. The van der Waals surface area contributed by atoms with Crippen molar-refractivity contribution in [1.82, 2.24) is 9.62 Å². The van der Waals surface area contributed by atoms with Gasteiger partial charge in [0.1, 0.15) is 0 Å². The second-order valence-corrected chi connectivity index (χ2v) is 9.32. The monoisotopic (exact) mass is 451 g/mol. The summed E-state index contributed by atoms with van der Waals surface area (Å²) in [5, 5.41) is 5.57. The van der Waals surface area contributed by atoms with Crippen LogP contribution in [0, 0.1) is 0 Å². The van der Waals surface area contributed by atoms with E-state index in [1.807, 2.05) is 37.3 Å². The minimum Gasteiger partial charge on any atom is -0.345 e. The van der Waals surface area contributed by atoms with Crippen LogP contribution < -0.4 is 10.6 Å². The van der Waals surface area contributed by atoms with Crippen molar-refractivity contribution in [3.05, 3.63) is 96.1 Å². The molecule has 7 nitrogen and oxygen atoms in total. The highest BCUT2D eigenvalue weighted by Gasteiger charge is 2.23. The number of benzene rings is 3. The molecule has 32 heavy (non-hydrogen) atoms. The Kier molecular flexibility index (Phi) is 7.40. The smallest absolute Gasteiger partial charge is 0.253 e. The van der Waals surface area contributed by atoms with Crippen molar-refractivity contribution in [3.8, 4) is 0 Å². The molecule has 2 amide bonds. The van der Waals surface area contributed by atoms with Gasteiger partial charge in [-0.05, 0) is 36.8 Å². The van der Waals surface area contributed by atoms with Gasteiger partial charge >= 0.3 is 0 Å². The molecule has 0 heterocycles. The molecule has 0 fully saturated rings. The van der Waals surface area contributed by atoms with Crippen molar-refractivity contribution in [2.24, 2.45) is 0 Å². The predicted octanol–water partition coefficient (Wildman–Crippen LogP) is 3.44. The summed E-state index contributed by atoms with van der Waals surface area (Å²) < 4.78 is 26.2. The lowest BCUT2D eigenvalue weighted by Crippen LogP contribution is -2.35. The quantitative estimate of drug-likeness (QED) is 0.548. The van der Waals surface area contributed by atoms with Crippen LogP contribution >= 0.6 is 0 Å². The molecule has 0 saturated carbocycles. The number of carbonyl (C=O) groups excluding carboxylic acids is 2. The first-order valence-electron chi connectivity index (χ1n) is 10.0. The Morgan fingerprint density at radius 3 is 2.09 bits per heavy atom. The summed E-state index contributed by atoms with van der Waals surface area (Å²) in [7, 11) is -2.47. The molecule has 1 atom stereocenters. The van der Waals surface area contributed by atoms with Gasteiger partial charge in [-0.3, -0.25) is 9.59 Å². The first-order chi connectivity index (χ1) is 15.3. The van der Waals surface area contributed by atoms with E-state index in [0.717, 1.165) is 9.87 Å². The second-order valence-electron chi connectivity index (χ2n) is 7.27. The van der Waals surface area contributed by atoms with Crippen LogP contribution in [0.25, 0.3) is 0 Å². The highest BCUT2D eigenvalue weighted by Crippen LogP contribution is 2.19. The molecule has 0 bridgehead atoms. The molecule has 166 valence electrons. The number of sulfonamides is 1. The van der Waals surface area contributed by atoms with Crippen LogP contribution in [0.1, 0.15) is 28.9 Å². The van der Waals surface area contributed by atoms with Gasteiger partial charge in [0.15, 0.2) is 0 Å². The first-order valence-corrected chi connectivity index (χ1v) is 11.5. The highest BCUT2D eigenvalue weighted by atomic mass is 32.2. The number of nitrogens with zero attached hydrogens (tertiary/aromatic N) is 1. The average molecular weight is 452 g/mol. The number of anilines is 1. The molecule has 1 unspecified atom stereocenters. The molecule has 0 aromatic heterocycles. The first kappa shape index (κ1) is 23.2. The summed E-state index contributed by atoms with van der Waals surface area (Å²) in [6.45, 7) is 1.48. The van der Waals surface area contributed by atoms with Crippen LogP contribution in [-0.4, -0.2) is 38.1 Å². The highest BCUT2D eigenvalue weighted by molar-refractivity contribution is 7.89. The number of amides is 2. The molecule has 0 saturated heterocycles. The molecular formula is C24H25N3O4S. The van der Waals surface area contributed by atoms with E-state index in [4.69, 9.17) is 0 Å². The van der Waals surface area contributed by atoms with E-state index in [1.54, 1.807) is 42.5 Å². The maximum Gasteiger partial charge on any atom is 0.253 e. The number of hydrogen-bond donors (Lipinski definition) is 2. The number of para-hydroxylation sites is 1. The molecule has 2 N–H and O–H groups in total. The number of nitrogens with one attached hydrogen (secondary N) is 2. The molecule has 0 spiro atoms. The van der Waals surface area contributed by atoms with E-state index in [2.05, 4.69) is 10.6 Å². The standard InChI is InChI=1S/C24H25N3O4S/c1-18(19-11-5-3-6-12-19)25-24(29)21-15-9-10-16-22(21)26-23(28)17-27(2)32(30,31)20-13-7-4-8-14-20/h3-16,18H,17H2,1-2H3,(H,25,29)(H,26,28). The minimum absolute atomic E-state index is 0.102. The molecule has 3 aromatic rings. The number of likely N-dealkylation sites (N-methyl/N-ethyl adjacent to an activating group) is 1. The normalized spacial score (nSPS) is 12.2. The van der Waals surface area contributed by atoms with Crippen molar-refractivity contribution in [3.63, 3.8) is 0 Å². The zero-order valence-electron chi connectivity index (χ0n) is 17.9. The minimum atomic E-state index is -3.81. The summed E-state index contributed by atoms with van der Waals surface area (Å²) in [5.74, 6) is -0.897. The van der Waals surface area contributed by atoms with E-state index in [0.29, 0.717) is 5.69 Å². The molecule has 0 aliphatic heterocycles.